The van der Waals surface area contributed by atoms with Gasteiger partial charge in [0, 0.05) is 5.69 Å². The summed E-state index contributed by atoms with van der Waals surface area (Å²) in [7, 11) is 0. The van der Waals surface area contributed by atoms with Gasteiger partial charge >= 0.3 is 0 Å². The van der Waals surface area contributed by atoms with Gasteiger partial charge in [-0.3, -0.25) is 0 Å². The van der Waals surface area contributed by atoms with Crippen molar-refractivity contribution in [2.75, 3.05) is 16.4 Å². The van der Waals surface area contributed by atoms with Crippen LogP contribution in [0.3, 0.4) is 0 Å². The quantitative estimate of drug-likeness (QED) is 0.678. The minimum atomic E-state index is -0.578. The molecule has 0 radical (unpaired) electrons. The Hall–Kier alpha value is -3.22. The molecule has 24 heavy (non-hydrogen) atoms. The Morgan fingerprint density at radius 3 is 2.38 bits per heavy atom. The molecular weight excluding hydrogens is 307 g/mol. The van der Waals surface area contributed by atoms with Crippen molar-refractivity contribution in [1.29, 1.82) is 0 Å². The van der Waals surface area contributed by atoms with Crippen LogP contribution < -0.4 is 16.4 Å². The second-order valence-corrected chi connectivity index (χ2v) is 5.35. The highest BCUT2D eigenvalue weighted by Crippen LogP contribution is 2.24. The van der Waals surface area contributed by atoms with Gasteiger partial charge in [0.1, 0.15) is 11.6 Å². The molecule has 0 saturated heterocycles. The summed E-state index contributed by atoms with van der Waals surface area (Å²) in [5, 5.41) is 5.94. The normalized spacial score (nSPS) is 10.5. The minimum absolute atomic E-state index is 0.0248. The molecule has 2 aromatic heterocycles. The Balaban J connectivity index is 1.89. The molecule has 0 bridgehead atoms. The molecule has 4 N–H and O–H groups in total. The summed E-state index contributed by atoms with van der Waals surface area (Å²) in [6.07, 6.45) is 1.11. The van der Waals surface area contributed by atoms with Gasteiger partial charge in [-0.15, -0.1) is 0 Å². The van der Waals surface area contributed by atoms with Gasteiger partial charge in [-0.05, 0) is 37.1 Å². The second kappa shape index (κ2) is 6.49. The fraction of sp³-hybridized carbons (Fsp3) is 0.118. The number of benzene rings is 1. The summed E-state index contributed by atoms with van der Waals surface area (Å²) in [5.74, 6) is 0.484. The highest BCUT2D eigenvalue weighted by Gasteiger charge is 2.10. The first-order chi connectivity index (χ1) is 11.5. The number of aromatic nitrogens is 3. The lowest BCUT2D eigenvalue weighted by atomic mass is 10.1. The van der Waals surface area contributed by atoms with E-state index in [-0.39, 0.29) is 5.82 Å². The van der Waals surface area contributed by atoms with Crippen molar-refractivity contribution in [3.63, 3.8) is 0 Å². The van der Waals surface area contributed by atoms with Crippen molar-refractivity contribution in [2.24, 2.45) is 0 Å². The highest BCUT2D eigenvalue weighted by atomic mass is 19.1. The Bertz CT molecular complexity index is 860. The van der Waals surface area contributed by atoms with Crippen LogP contribution in [0.2, 0.25) is 0 Å². The molecule has 3 rings (SSSR count). The van der Waals surface area contributed by atoms with E-state index >= 15 is 0 Å². The van der Waals surface area contributed by atoms with Crippen LogP contribution in [0.1, 0.15) is 11.1 Å². The molecule has 6 nitrogen and oxygen atoms in total. The van der Waals surface area contributed by atoms with Crippen LogP contribution in [0.4, 0.5) is 33.5 Å². The standard InChI is InChI=1S/C17H17FN6/c1-10-5-3-6-11(2)15(10)23-17-20-9-12(18)16(24-17)22-14-8-4-7-13(19)21-14/h3-9H,1-2H3,(H4,19,20,21,22,23,24). The maximum Gasteiger partial charge on any atom is 0.229 e. The predicted octanol–water partition coefficient (Wildman–Crippen LogP) is 3.70. The van der Waals surface area contributed by atoms with Gasteiger partial charge in [0.15, 0.2) is 11.6 Å². The van der Waals surface area contributed by atoms with E-state index in [0.717, 1.165) is 23.0 Å². The van der Waals surface area contributed by atoms with Gasteiger partial charge in [0.05, 0.1) is 6.20 Å². The monoisotopic (exact) mass is 324 g/mol. The zero-order valence-corrected chi connectivity index (χ0v) is 13.3. The second-order valence-electron chi connectivity index (χ2n) is 5.35. The van der Waals surface area contributed by atoms with Crippen LogP contribution in [0.25, 0.3) is 0 Å². The number of hydrogen-bond donors (Lipinski definition) is 3. The summed E-state index contributed by atoms with van der Waals surface area (Å²) in [4.78, 5) is 12.2. The number of hydrogen-bond acceptors (Lipinski definition) is 6. The number of halogens is 1. The van der Waals surface area contributed by atoms with Crippen LogP contribution in [-0.2, 0) is 0 Å². The van der Waals surface area contributed by atoms with Crippen molar-refractivity contribution < 1.29 is 4.39 Å². The molecule has 7 heteroatoms. The number of nitrogen functional groups attached to an aromatic ring is 1. The third-order valence-electron chi connectivity index (χ3n) is 3.48. The van der Waals surface area contributed by atoms with Gasteiger partial charge in [0.25, 0.3) is 0 Å². The highest BCUT2D eigenvalue weighted by molar-refractivity contribution is 5.64. The minimum Gasteiger partial charge on any atom is -0.384 e. The predicted molar refractivity (Wildman–Crippen MR) is 93.1 cm³/mol. The van der Waals surface area contributed by atoms with E-state index in [2.05, 4.69) is 25.6 Å². The lowest BCUT2D eigenvalue weighted by Gasteiger charge is -2.12. The van der Waals surface area contributed by atoms with E-state index in [0.29, 0.717) is 17.6 Å². The number of anilines is 5. The summed E-state index contributed by atoms with van der Waals surface area (Å²) in [5.41, 5.74) is 8.63. The van der Waals surface area contributed by atoms with Crippen LogP contribution in [0.15, 0.2) is 42.6 Å². The third-order valence-corrected chi connectivity index (χ3v) is 3.48. The van der Waals surface area contributed by atoms with Crippen molar-refractivity contribution in [3.05, 3.63) is 59.5 Å². The van der Waals surface area contributed by atoms with Gasteiger partial charge in [0.2, 0.25) is 5.95 Å². The Labute approximate surface area is 139 Å². The first-order valence-corrected chi connectivity index (χ1v) is 7.38. The van der Waals surface area contributed by atoms with Crippen LogP contribution in [0.5, 0.6) is 0 Å². The number of aryl methyl sites for hydroxylation is 2. The van der Waals surface area contributed by atoms with E-state index in [4.69, 9.17) is 5.73 Å². The third kappa shape index (κ3) is 3.40. The average Bonchev–Trinajstić information content (AvgIpc) is 2.54. The molecule has 0 aliphatic rings. The number of nitrogens with one attached hydrogen (secondary N) is 2. The molecule has 0 fully saturated rings. The number of para-hydroxylation sites is 1. The summed E-state index contributed by atoms with van der Waals surface area (Å²) < 4.78 is 14.0. The summed E-state index contributed by atoms with van der Waals surface area (Å²) in [6, 6.07) is 11.0. The number of nitrogens with zero attached hydrogens (tertiary/aromatic N) is 3. The molecule has 0 aliphatic heterocycles. The Morgan fingerprint density at radius 2 is 1.67 bits per heavy atom. The molecule has 0 amide bonds. The summed E-state index contributed by atoms with van der Waals surface area (Å²) >= 11 is 0. The lowest BCUT2D eigenvalue weighted by molar-refractivity contribution is 0.619. The Morgan fingerprint density at radius 1 is 0.958 bits per heavy atom. The molecule has 1 aromatic carbocycles. The van der Waals surface area contributed by atoms with Crippen molar-refractivity contribution in [3.8, 4) is 0 Å². The van der Waals surface area contributed by atoms with Gasteiger partial charge in [-0.2, -0.15) is 4.98 Å². The van der Waals surface area contributed by atoms with Crippen molar-refractivity contribution in [2.45, 2.75) is 13.8 Å². The van der Waals surface area contributed by atoms with Crippen LogP contribution in [-0.4, -0.2) is 15.0 Å². The summed E-state index contributed by atoms with van der Waals surface area (Å²) in [6.45, 7) is 3.96. The SMILES string of the molecule is Cc1cccc(C)c1Nc1ncc(F)c(Nc2cccc(N)n2)n1. The van der Waals surface area contributed by atoms with Crippen LogP contribution in [0, 0.1) is 19.7 Å². The first kappa shape index (κ1) is 15.7. The average molecular weight is 324 g/mol. The molecule has 2 heterocycles. The van der Waals surface area contributed by atoms with Crippen LogP contribution >= 0.6 is 0 Å². The van der Waals surface area contributed by atoms with E-state index in [1.54, 1.807) is 18.2 Å². The van der Waals surface area contributed by atoms with Crippen molar-refractivity contribution in [1.82, 2.24) is 15.0 Å². The smallest absolute Gasteiger partial charge is 0.229 e. The molecule has 0 atom stereocenters. The Kier molecular flexibility index (Phi) is 4.24. The molecule has 0 unspecified atom stereocenters. The zero-order chi connectivity index (χ0) is 17.1. The molecule has 0 spiro atoms. The maximum absolute atomic E-state index is 14.0. The lowest BCUT2D eigenvalue weighted by Crippen LogP contribution is -2.06. The molecule has 3 aromatic rings. The molecule has 122 valence electrons. The molecular formula is C17H17FN6. The van der Waals surface area contributed by atoms with E-state index < -0.39 is 5.82 Å². The van der Waals surface area contributed by atoms with Gasteiger partial charge < -0.3 is 16.4 Å². The molecule has 0 aliphatic carbocycles. The van der Waals surface area contributed by atoms with E-state index in [1.165, 1.54) is 0 Å². The van der Waals surface area contributed by atoms with Crippen molar-refractivity contribution >= 4 is 29.1 Å². The maximum atomic E-state index is 14.0. The fourth-order valence-electron chi connectivity index (χ4n) is 2.28. The van der Waals surface area contributed by atoms with E-state index in [9.17, 15) is 4.39 Å². The van der Waals surface area contributed by atoms with Gasteiger partial charge in [-0.25, -0.2) is 14.4 Å². The van der Waals surface area contributed by atoms with E-state index in [1.807, 2.05) is 32.0 Å². The number of nitrogens with two attached hydrogens (primary N) is 1. The topological polar surface area (TPSA) is 88.8 Å². The fourth-order valence-corrected chi connectivity index (χ4v) is 2.28. The first-order valence-electron chi connectivity index (χ1n) is 7.38. The largest absolute Gasteiger partial charge is 0.384 e. The number of rotatable bonds is 4. The van der Waals surface area contributed by atoms with Gasteiger partial charge in [-0.1, -0.05) is 24.3 Å². The molecule has 0 saturated carbocycles. The number of pyridine rings is 1. The zero-order valence-electron chi connectivity index (χ0n) is 13.3.